The Bertz CT molecular complexity index is 1080. The van der Waals surface area contributed by atoms with Gasteiger partial charge in [-0.25, -0.2) is 0 Å². The van der Waals surface area contributed by atoms with Crippen molar-refractivity contribution < 1.29 is 4.79 Å². The van der Waals surface area contributed by atoms with Gasteiger partial charge in [-0.2, -0.15) is 4.80 Å². The summed E-state index contributed by atoms with van der Waals surface area (Å²) in [6, 6.07) is 26.4. The van der Waals surface area contributed by atoms with Gasteiger partial charge in [-0.15, -0.1) is 10.2 Å². The largest absolute Gasteiger partial charge is 0.344 e. The average Bonchev–Trinajstić information content (AvgIpc) is 3.22. The number of tetrazole rings is 1. The highest BCUT2D eigenvalue weighted by atomic mass is 35.5. The number of halogens is 1. The number of aromatic nitrogens is 4. The zero-order valence-corrected chi connectivity index (χ0v) is 16.2. The number of benzene rings is 3. The molecule has 1 unspecified atom stereocenters. The van der Waals surface area contributed by atoms with Crippen LogP contribution in [-0.2, 0) is 11.3 Å². The van der Waals surface area contributed by atoms with Gasteiger partial charge in [-0.1, -0.05) is 84.4 Å². The van der Waals surface area contributed by atoms with Crippen molar-refractivity contribution >= 4 is 17.5 Å². The second kappa shape index (κ2) is 8.67. The third-order valence-electron chi connectivity index (χ3n) is 4.41. The molecule has 0 saturated heterocycles. The van der Waals surface area contributed by atoms with E-state index in [9.17, 15) is 4.79 Å². The van der Waals surface area contributed by atoms with Gasteiger partial charge >= 0.3 is 0 Å². The molecule has 1 aromatic heterocycles. The molecule has 4 rings (SSSR count). The lowest BCUT2D eigenvalue weighted by atomic mass is 9.99. The van der Waals surface area contributed by atoms with E-state index in [1.54, 1.807) is 0 Å². The summed E-state index contributed by atoms with van der Waals surface area (Å²) in [5.74, 6) is 0.265. The molecule has 7 heteroatoms. The molecule has 1 atom stereocenters. The summed E-state index contributed by atoms with van der Waals surface area (Å²) in [4.78, 5) is 14.0. The molecule has 144 valence electrons. The molecule has 1 N–H and O–H groups in total. The predicted molar refractivity (Wildman–Crippen MR) is 111 cm³/mol. The molecular formula is C22H18ClN5O. The van der Waals surface area contributed by atoms with Gasteiger partial charge in [0.2, 0.25) is 11.7 Å². The lowest BCUT2D eigenvalue weighted by molar-refractivity contribution is -0.122. The van der Waals surface area contributed by atoms with Gasteiger partial charge in [-0.3, -0.25) is 4.79 Å². The molecular weight excluding hydrogens is 386 g/mol. The quantitative estimate of drug-likeness (QED) is 0.530. The number of nitrogens with zero attached hydrogens (tertiary/aromatic N) is 4. The first-order chi connectivity index (χ1) is 14.2. The summed E-state index contributed by atoms with van der Waals surface area (Å²) in [5, 5.41) is 16.0. The number of nitrogens with one attached hydrogen (secondary N) is 1. The molecule has 0 fully saturated rings. The molecule has 0 saturated carbocycles. The zero-order chi connectivity index (χ0) is 20.1. The van der Waals surface area contributed by atoms with Crippen LogP contribution in [0.3, 0.4) is 0 Å². The maximum absolute atomic E-state index is 12.7. The Morgan fingerprint density at radius 2 is 1.52 bits per heavy atom. The standard InChI is InChI=1S/C22H18ClN5O/c23-19-13-11-17(12-14-19)21(16-7-3-1-4-8-16)24-20(29)15-28-26-22(25-27-28)18-9-5-2-6-10-18/h1-14,21H,15H2,(H,24,29). The van der Waals surface area contributed by atoms with Crippen molar-refractivity contribution in [2.75, 3.05) is 0 Å². The van der Waals surface area contributed by atoms with Crippen LogP contribution in [0.25, 0.3) is 11.4 Å². The van der Waals surface area contributed by atoms with E-state index in [0.29, 0.717) is 10.8 Å². The molecule has 0 aliphatic carbocycles. The Hall–Kier alpha value is -3.51. The van der Waals surface area contributed by atoms with Crippen LogP contribution in [0.15, 0.2) is 84.9 Å². The van der Waals surface area contributed by atoms with Gasteiger partial charge in [0.05, 0.1) is 6.04 Å². The molecule has 0 spiro atoms. The van der Waals surface area contributed by atoms with E-state index in [0.717, 1.165) is 16.7 Å². The second-order valence-electron chi connectivity index (χ2n) is 6.47. The molecule has 3 aromatic carbocycles. The molecule has 1 heterocycles. The summed E-state index contributed by atoms with van der Waals surface area (Å²) in [6.45, 7) is -0.0310. The van der Waals surface area contributed by atoms with Crippen molar-refractivity contribution in [1.82, 2.24) is 25.5 Å². The Balaban J connectivity index is 1.51. The van der Waals surface area contributed by atoms with Gasteiger partial charge in [0.25, 0.3) is 0 Å². The van der Waals surface area contributed by atoms with Crippen LogP contribution in [0.4, 0.5) is 0 Å². The van der Waals surface area contributed by atoms with E-state index < -0.39 is 0 Å². The van der Waals surface area contributed by atoms with E-state index in [4.69, 9.17) is 11.6 Å². The Labute approximate surface area is 173 Å². The maximum Gasteiger partial charge on any atom is 0.244 e. The van der Waals surface area contributed by atoms with Gasteiger partial charge in [0, 0.05) is 10.6 Å². The summed E-state index contributed by atoms with van der Waals surface area (Å²) in [5.41, 5.74) is 2.76. The zero-order valence-electron chi connectivity index (χ0n) is 15.4. The first-order valence-electron chi connectivity index (χ1n) is 9.12. The molecule has 0 aliphatic rings. The van der Waals surface area contributed by atoms with Crippen molar-refractivity contribution in [3.63, 3.8) is 0 Å². The number of rotatable bonds is 6. The highest BCUT2D eigenvalue weighted by molar-refractivity contribution is 6.30. The lowest BCUT2D eigenvalue weighted by Crippen LogP contribution is -2.32. The van der Waals surface area contributed by atoms with Crippen LogP contribution in [0.1, 0.15) is 17.2 Å². The number of amides is 1. The lowest BCUT2D eigenvalue weighted by Gasteiger charge is -2.20. The van der Waals surface area contributed by atoms with Crippen molar-refractivity contribution in [1.29, 1.82) is 0 Å². The van der Waals surface area contributed by atoms with Crippen LogP contribution < -0.4 is 5.32 Å². The molecule has 1 amide bonds. The second-order valence-corrected chi connectivity index (χ2v) is 6.91. The molecule has 29 heavy (non-hydrogen) atoms. The fraction of sp³-hybridized carbons (Fsp3) is 0.0909. The molecule has 6 nitrogen and oxygen atoms in total. The minimum Gasteiger partial charge on any atom is -0.344 e. The number of hydrogen-bond acceptors (Lipinski definition) is 4. The third kappa shape index (κ3) is 4.67. The molecule has 0 bridgehead atoms. The fourth-order valence-electron chi connectivity index (χ4n) is 3.01. The van der Waals surface area contributed by atoms with Crippen molar-refractivity contribution in [3.05, 3.63) is 101 Å². The molecule has 4 aromatic rings. The van der Waals surface area contributed by atoms with Gasteiger partial charge < -0.3 is 5.32 Å². The summed E-state index contributed by atoms with van der Waals surface area (Å²) < 4.78 is 0. The number of carbonyl (C=O) groups excluding carboxylic acids is 1. The molecule has 0 radical (unpaired) electrons. The van der Waals surface area contributed by atoms with Crippen LogP contribution in [0, 0.1) is 0 Å². The topological polar surface area (TPSA) is 72.7 Å². The summed E-state index contributed by atoms with van der Waals surface area (Å²) in [7, 11) is 0. The SMILES string of the molecule is O=C(Cn1nnc(-c2ccccc2)n1)NC(c1ccccc1)c1ccc(Cl)cc1. The Morgan fingerprint density at radius 3 is 2.21 bits per heavy atom. The van der Waals surface area contributed by atoms with Crippen molar-refractivity contribution in [3.8, 4) is 11.4 Å². The van der Waals surface area contributed by atoms with Crippen molar-refractivity contribution in [2.45, 2.75) is 12.6 Å². The maximum atomic E-state index is 12.7. The van der Waals surface area contributed by atoms with Gasteiger partial charge in [0.15, 0.2) is 0 Å². The van der Waals surface area contributed by atoms with Crippen LogP contribution in [0.2, 0.25) is 5.02 Å². The van der Waals surface area contributed by atoms with Crippen molar-refractivity contribution in [2.24, 2.45) is 0 Å². The highest BCUT2D eigenvalue weighted by Crippen LogP contribution is 2.23. The smallest absolute Gasteiger partial charge is 0.244 e. The minimum absolute atomic E-state index is 0.0310. The predicted octanol–water partition coefficient (Wildman–Crippen LogP) is 3.90. The monoisotopic (exact) mass is 403 g/mol. The first kappa shape index (κ1) is 18.8. The molecule has 0 aliphatic heterocycles. The fourth-order valence-corrected chi connectivity index (χ4v) is 3.13. The normalized spacial score (nSPS) is 11.8. The van der Waals surface area contributed by atoms with E-state index in [1.807, 2.05) is 84.9 Å². The van der Waals surface area contributed by atoms with E-state index >= 15 is 0 Å². The van der Waals surface area contributed by atoms with Crippen LogP contribution in [-0.4, -0.2) is 26.1 Å². The third-order valence-corrected chi connectivity index (χ3v) is 4.66. The Morgan fingerprint density at radius 1 is 0.897 bits per heavy atom. The number of carbonyl (C=O) groups is 1. The average molecular weight is 404 g/mol. The highest BCUT2D eigenvalue weighted by Gasteiger charge is 2.18. The summed E-state index contributed by atoms with van der Waals surface area (Å²) >= 11 is 6.01. The Kier molecular flexibility index (Phi) is 5.63. The number of hydrogen-bond donors (Lipinski definition) is 1. The van der Waals surface area contributed by atoms with Crippen LogP contribution in [0.5, 0.6) is 0 Å². The first-order valence-corrected chi connectivity index (χ1v) is 9.50. The van der Waals surface area contributed by atoms with E-state index in [2.05, 4.69) is 20.7 Å². The van der Waals surface area contributed by atoms with Gasteiger partial charge in [0.1, 0.15) is 6.54 Å². The van der Waals surface area contributed by atoms with Crippen LogP contribution >= 0.6 is 11.6 Å². The van der Waals surface area contributed by atoms with Gasteiger partial charge in [-0.05, 0) is 28.5 Å². The minimum atomic E-state index is -0.307. The summed E-state index contributed by atoms with van der Waals surface area (Å²) in [6.07, 6.45) is 0. The van der Waals surface area contributed by atoms with E-state index in [-0.39, 0.29) is 18.5 Å². The van der Waals surface area contributed by atoms with E-state index in [1.165, 1.54) is 4.80 Å².